The second-order valence-electron chi connectivity index (χ2n) is 4.37. The molecule has 0 fully saturated rings. The van der Waals surface area contributed by atoms with Crippen LogP contribution in [0.15, 0.2) is 30.5 Å². The first-order valence-corrected chi connectivity index (χ1v) is 5.78. The lowest BCUT2D eigenvalue weighted by Crippen LogP contribution is -2.28. The van der Waals surface area contributed by atoms with Gasteiger partial charge in [0.1, 0.15) is 6.04 Å². The highest BCUT2D eigenvalue weighted by Gasteiger charge is 2.40. The van der Waals surface area contributed by atoms with Gasteiger partial charge in [0, 0.05) is 17.1 Å². The van der Waals surface area contributed by atoms with Crippen molar-refractivity contribution in [3.05, 3.63) is 36.0 Å². The van der Waals surface area contributed by atoms with Gasteiger partial charge >= 0.3 is 6.18 Å². The number of halogens is 3. The van der Waals surface area contributed by atoms with E-state index in [2.05, 4.69) is 0 Å². The van der Waals surface area contributed by atoms with Crippen molar-refractivity contribution in [2.45, 2.75) is 25.6 Å². The number of benzene rings is 1. The molecule has 1 heterocycles. The van der Waals surface area contributed by atoms with Gasteiger partial charge in [-0.05, 0) is 37.6 Å². The molecule has 0 bridgehead atoms. The van der Waals surface area contributed by atoms with Crippen LogP contribution >= 0.6 is 0 Å². The molecular weight excluding hydrogens is 241 g/mol. The number of alkyl halides is 3. The highest BCUT2D eigenvalue weighted by atomic mass is 19.4. The summed E-state index contributed by atoms with van der Waals surface area (Å²) in [6.07, 6.45) is -2.90. The standard InChI is InChI=1S/C13H15F3N2/c1-9-3-2-4-11-10(9)6-8-18(11)12(5-7-17)13(14,15)16/h2-4,6,8,12H,5,7,17H2,1H3. The molecule has 1 unspecified atom stereocenters. The van der Waals surface area contributed by atoms with Gasteiger partial charge in [0.15, 0.2) is 0 Å². The van der Waals surface area contributed by atoms with E-state index < -0.39 is 12.2 Å². The molecule has 2 rings (SSSR count). The van der Waals surface area contributed by atoms with Crippen molar-refractivity contribution < 1.29 is 13.2 Å². The molecule has 98 valence electrons. The first kappa shape index (κ1) is 13.0. The number of fused-ring (bicyclic) bond motifs is 1. The zero-order chi connectivity index (χ0) is 13.3. The Hall–Kier alpha value is -1.49. The maximum absolute atomic E-state index is 13.0. The van der Waals surface area contributed by atoms with Crippen LogP contribution in [0.25, 0.3) is 10.9 Å². The first-order valence-electron chi connectivity index (χ1n) is 5.78. The minimum atomic E-state index is -4.28. The molecule has 5 heteroatoms. The Morgan fingerprint density at radius 2 is 2.00 bits per heavy atom. The van der Waals surface area contributed by atoms with Crippen LogP contribution in [0.4, 0.5) is 13.2 Å². The minimum Gasteiger partial charge on any atom is -0.335 e. The lowest BCUT2D eigenvalue weighted by atomic mass is 10.1. The van der Waals surface area contributed by atoms with Crippen molar-refractivity contribution in [3.63, 3.8) is 0 Å². The summed E-state index contributed by atoms with van der Waals surface area (Å²) in [6.45, 7) is 1.90. The van der Waals surface area contributed by atoms with E-state index in [0.717, 1.165) is 10.9 Å². The molecule has 0 aliphatic carbocycles. The summed E-state index contributed by atoms with van der Waals surface area (Å²) >= 11 is 0. The van der Waals surface area contributed by atoms with Crippen LogP contribution < -0.4 is 5.73 Å². The third kappa shape index (κ3) is 2.22. The quantitative estimate of drug-likeness (QED) is 0.896. The van der Waals surface area contributed by atoms with E-state index in [0.29, 0.717) is 5.52 Å². The van der Waals surface area contributed by atoms with Crippen molar-refractivity contribution >= 4 is 10.9 Å². The van der Waals surface area contributed by atoms with Gasteiger partial charge < -0.3 is 10.3 Å². The summed E-state index contributed by atoms with van der Waals surface area (Å²) in [7, 11) is 0. The minimum absolute atomic E-state index is 0.00959. The predicted molar refractivity (Wildman–Crippen MR) is 65.4 cm³/mol. The van der Waals surface area contributed by atoms with Gasteiger partial charge in [-0.15, -0.1) is 0 Å². The van der Waals surface area contributed by atoms with E-state index in [-0.39, 0.29) is 13.0 Å². The third-order valence-corrected chi connectivity index (χ3v) is 3.13. The van der Waals surface area contributed by atoms with Gasteiger partial charge in [-0.3, -0.25) is 0 Å². The molecule has 0 radical (unpaired) electrons. The number of rotatable bonds is 3. The molecule has 0 saturated heterocycles. The fourth-order valence-electron chi connectivity index (χ4n) is 2.23. The van der Waals surface area contributed by atoms with Crippen LogP contribution in [0.2, 0.25) is 0 Å². The van der Waals surface area contributed by atoms with Crippen LogP contribution in [0, 0.1) is 6.92 Å². The molecule has 0 amide bonds. The van der Waals surface area contributed by atoms with Crippen LogP contribution in [-0.2, 0) is 0 Å². The monoisotopic (exact) mass is 256 g/mol. The second-order valence-corrected chi connectivity index (χ2v) is 4.37. The number of nitrogens with two attached hydrogens (primary N) is 1. The Kier molecular flexibility index (Phi) is 3.34. The number of aryl methyl sites for hydroxylation is 1. The van der Waals surface area contributed by atoms with Crippen molar-refractivity contribution in [1.82, 2.24) is 4.57 Å². The lowest BCUT2D eigenvalue weighted by Gasteiger charge is -2.22. The topological polar surface area (TPSA) is 30.9 Å². The maximum atomic E-state index is 13.0. The van der Waals surface area contributed by atoms with Crippen molar-refractivity contribution in [1.29, 1.82) is 0 Å². The van der Waals surface area contributed by atoms with E-state index in [1.165, 1.54) is 10.8 Å². The molecule has 0 saturated carbocycles. The summed E-state index contributed by atoms with van der Waals surface area (Å²) in [5.74, 6) is 0. The molecule has 0 aliphatic rings. The average molecular weight is 256 g/mol. The zero-order valence-corrected chi connectivity index (χ0v) is 10.0. The normalized spacial score (nSPS) is 14.1. The molecule has 1 aromatic heterocycles. The summed E-state index contributed by atoms with van der Waals surface area (Å²) in [4.78, 5) is 0. The Bertz CT molecular complexity index is 543. The number of hydrogen-bond donors (Lipinski definition) is 1. The van der Waals surface area contributed by atoms with Gasteiger partial charge in [0.05, 0.1) is 0 Å². The highest BCUT2D eigenvalue weighted by Crippen LogP contribution is 2.35. The SMILES string of the molecule is Cc1cccc2c1ccn2C(CCN)C(F)(F)F. The maximum Gasteiger partial charge on any atom is 0.409 e. The predicted octanol–water partition coefficient (Wildman–Crippen LogP) is 3.40. The molecular formula is C13H15F3N2. The lowest BCUT2D eigenvalue weighted by molar-refractivity contribution is -0.167. The smallest absolute Gasteiger partial charge is 0.335 e. The van der Waals surface area contributed by atoms with Crippen LogP contribution in [-0.4, -0.2) is 17.3 Å². The fraction of sp³-hybridized carbons (Fsp3) is 0.385. The summed E-state index contributed by atoms with van der Waals surface area (Å²) < 4.78 is 40.3. The Balaban J connectivity index is 2.55. The number of hydrogen-bond acceptors (Lipinski definition) is 1. The van der Waals surface area contributed by atoms with E-state index >= 15 is 0 Å². The second kappa shape index (κ2) is 4.65. The summed E-state index contributed by atoms with van der Waals surface area (Å²) in [6, 6.07) is 5.53. The van der Waals surface area contributed by atoms with E-state index in [9.17, 15) is 13.2 Å². The van der Waals surface area contributed by atoms with Crippen LogP contribution in [0.1, 0.15) is 18.0 Å². The summed E-state index contributed by atoms with van der Waals surface area (Å²) in [5, 5.41) is 0.851. The van der Waals surface area contributed by atoms with Gasteiger partial charge in [-0.2, -0.15) is 13.2 Å². The average Bonchev–Trinajstić information content (AvgIpc) is 2.69. The molecule has 1 aromatic carbocycles. The Morgan fingerprint density at radius 3 is 2.61 bits per heavy atom. The molecule has 0 aliphatic heterocycles. The van der Waals surface area contributed by atoms with Crippen LogP contribution in [0.5, 0.6) is 0 Å². The molecule has 0 spiro atoms. The first-order chi connectivity index (χ1) is 8.45. The van der Waals surface area contributed by atoms with Crippen molar-refractivity contribution in [2.75, 3.05) is 6.54 Å². The van der Waals surface area contributed by atoms with Gasteiger partial charge in [0.25, 0.3) is 0 Å². The molecule has 2 aromatic rings. The van der Waals surface area contributed by atoms with Crippen molar-refractivity contribution in [3.8, 4) is 0 Å². The molecule has 18 heavy (non-hydrogen) atoms. The summed E-state index contributed by atoms with van der Waals surface area (Å²) in [5.41, 5.74) is 6.87. The molecule has 2 nitrogen and oxygen atoms in total. The van der Waals surface area contributed by atoms with Crippen LogP contribution in [0.3, 0.4) is 0 Å². The van der Waals surface area contributed by atoms with Crippen molar-refractivity contribution in [2.24, 2.45) is 5.73 Å². The molecule has 2 N–H and O–H groups in total. The number of nitrogens with zero attached hydrogens (tertiary/aromatic N) is 1. The zero-order valence-electron chi connectivity index (χ0n) is 10.0. The third-order valence-electron chi connectivity index (χ3n) is 3.13. The van der Waals surface area contributed by atoms with E-state index in [4.69, 9.17) is 5.73 Å². The van der Waals surface area contributed by atoms with Gasteiger partial charge in [0.2, 0.25) is 0 Å². The Morgan fingerprint density at radius 1 is 1.28 bits per heavy atom. The fourth-order valence-corrected chi connectivity index (χ4v) is 2.23. The van der Waals surface area contributed by atoms with E-state index in [1.807, 2.05) is 13.0 Å². The largest absolute Gasteiger partial charge is 0.409 e. The van der Waals surface area contributed by atoms with Gasteiger partial charge in [-0.1, -0.05) is 12.1 Å². The van der Waals surface area contributed by atoms with E-state index in [1.54, 1.807) is 18.2 Å². The number of aromatic nitrogens is 1. The van der Waals surface area contributed by atoms with Gasteiger partial charge in [-0.25, -0.2) is 0 Å². The highest BCUT2D eigenvalue weighted by molar-refractivity contribution is 5.83. The molecule has 1 atom stereocenters. The Labute approximate surface area is 103 Å².